The molecular weight excluding hydrogens is 417 g/mol. The highest BCUT2D eigenvalue weighted by atomic mass is 19.4. The van der Waals surface area contributed by atoms with Gasteiger partial charge in [-0.15, -0.1) is 0 Å². The number of hydrogen-bond donors (Lipinski definition) is 1. The molecule has 0 aliphatic carbocycles. The van der Waals surface area contributed by atoms with Gasteiger partial charge in [0.1, 0.15) is 23.1 Å². The van der Waals surface area contributed by atoms with Crippen molar-refractivity contribution in [1.82, 2.24) is 14.5 Å². The highest BCUT2D eigenvalue weighted by molar-refractivity contribution is 6.00. The smallest absolute Gasteiger partial charge is 0.433 e. The van der Waals surface area contributed by atoms with Crippen LogP contribution in [0.25, 0.3) is 16.9 Å². The molecule has 1 saturated heterocycles. The lowest BCUT2D eigenvalue weighted by molar-refractivity contribution is -0.141. The van der Waals surface area contributed by atoms with Crippen LogP contribution in [0.4, 0.5) is 18.9 Å². The zero-order valence-corrected chi connectivity index (χ0v) is 16.1. The molecule has 11 heteroatoms. The number of halogens is 3. The lowest BCUT2D eigenvalue weighted by Crippen LogP contribution is -2.23. The summed E-state index contributed by atoms with van der Waals surface area (Å²) in [5.74, 6) is -0.334. The second-order valence-corrected chi connectivity index (χ2v) is 7.21. The van der Waals surface area contributed by atoms with Gasteiger partial charge in [-0.1, -0.05) is 0 Å². The summed E-state index contributed by atoms with van der Waals surface area (Å²) in [5.41, 5.74) is 1.03. The summed E-state index contributed by atoms with van der Waals surface area (Å²) in [6, 6.07) is 7.15. The van der Waals surface area contributed by atoms with Gasteiger partial charge in [-0.25, -0.2) is 9.97 Å². The Bertz CT molecular complexity index is 1240. The summed E-state index contributed by atoms with van der Waals surface area (Å²) in [5, 5.41) is 2.74. The predicted octanol–water partition coefficient (Wildman–Crippen LogP) is 2.94. The number of nitrogens with one attached hydrogen (secondary N) is 1. The van der Waals surface area contributed by atoms with Gasteiger partial charge in [-0.2, -0.15) is 13.2 Å². The molecule has 1 fully saturated rings. The number of aromatic nitrogens is 3. The average Bonchev–Trinajstić information content (AvgIpc) is 3.47. The van der Waals surface area contributed by atoms with E-state index in [1.54, 1.807) is 18.2 Å². The summed E-state index contributed by atoms with van der Waals surface area (Å²) in [7, 11) is 1.26. The van der Waals surface area contributed by atoms with Crippen LogP contribution < -0.4 is 5.32 Å². The number of benzene rings is 1. The molecule has 1 N–H and O–H groups in total. The third-order valence-electron chi connectivity index (χ3n) is 5.25. The van der Waals surface area contributed by atoms with Crippen molar-refractivity contribution in [2.75, 3.05) is 12.4 Å². The number of methoxy groups -OCH3 is 1. The van der Waals surface area contributed by atoms with Crippen LogP contribution in [0.15, 0.2) is 30.3 Å². The van der Waals surface area contributed by atoms with Gasteiger partial charge in [-0.05, 0) is 30.3 Å². The molecule has 2 aliphatic heterocycles. The van der Waals surface area contributed by atoms with Gasteiger partial charge in [0.2, 0.25) is 0 Å². The van der Waals surface area contributed by atoms with Gasteiger partial charge in [-0.3, -0.25) is 14.2 Å². The normalized spacial score (nSPS) is 19.5. The van der Waals surface area contributed by atoms with E-state index in [-0.39, 0.29) is 29.9 Å². The highest BCUT2D eigenvalue weighted by Crippen LogP contribution is 2.47. The number of nitrogens with zero attached hydrogens (tertiary/aromatic N) is 3. The maximum Gasteiger partial charge on any atom is 0.433 e. The van der Waals surface area contributed by atoms with Crippen molar-refractivity contribution in [2.24, 2.45) is 0 Å². The minimum absolute atomic E-state index is 0.000752. The minimum Gasteiger partial charge on any atom is -0.469 e. The summed E-state index contributed by atoms with van der Waals surface area (Å²) < 4.78 is 51.3. The van der Waals surface area contributed by atoms with Crippen molar-refractivity contribution in [3.05, 3.63) is 47.4 Å². The van der Waals surface area contributed by atoms with Crippen LogP contribution in [-0.4, -0.2) is 39.6 Å². The molecule has 2 unspecified atom stereocenters. The SMILES string of the molecule is COC(=O)CCc1nc2ccc(C(F)(F)F)nc2n1-c1ccc2c(c1)C1OC1C(=O)N2. The number of epoxide rings is 1. The quantitative estimate of drug-likeness (QED) is 0.503. The fraction of sp³-hybridized carbons (Fsp3) is 0.300. The van der Waals surface area contributed by atoms with E-state index in [0.29, 0.717) is 17.2 Å². The molecule has 2 aliphatic rings. The highest BCUT2D eigenvalue weighted by Gasteiger charge is 2.50. The Kier molecular flexibility index (Phi) is 4.26. The summed E-state index contributed by atoms with van der Waals surface area (Å²) >= 11 is 0. The Morgan fingerprint density at radius 3 is 2.77 bits per heavy atom. The standard InChI is InChI=1S/C20H15F3N4O4/c1-30-15(28)7-6-14-24-12-4-5-13(20(21,22)23)26-18(12)27(14)9-2-3-11-10(8-9)16-17(31-16)19(29)25-11/h2-5,8,16-17H,6-7H2,1H3,(H,25,29). The van der Waals surface area contributed by atoms with Crippen LogP contribution in [0.5, 0.6) is 0 Å². The Labute approximate surface area is 173 Å². The zero-order valence-electron chi connectivity index (χ0n) is 16.1. The van der Waals surface area contributed by atoms with Gasteiger partial charge in [0.05, 0.1) is 13.5 Å². The minimum atomic E-state index is -4.62. The molecule has 0 saturated carbocycles. The molecule has 2 atom stereocenters. The van der Waals surface area contributed by atoms with E-state index < -0.39 is 30.0 Å². The third-order valence-corrected chi connectivity index (χ3v) is 5.25. The van der Waals surface area contributed by atoms with E-state index in [1.807, 2.05) is 0 Å². The van der Waals surface area contributed by atoms with E-state index in [2.05, 4.69) is 20.0 Å². The molecule has 160 valence electrons. The molecule has 1 amide bonds. The second kappa shape index (κ2) is 6.77. The lowest BCUT2D eigenvalue weighted by Gasteiger charge is -2.16. The number of alkyl halides is 3. The zero-order chi connectivity index (χ0) is 21.9. The molecular formula is C20H15F3N4O4. The van der Waals surface area contributed by atoms with Crippen LogP contribution in [-0.2, 0) is 31.7 Å². The van der Waals surface area contributed by atoms with Crippen molar-refractivity contribution in [3.63, 3.8) is 0 Å². The van der Waals surface area contributed by atoms with Crippen LogP contribution in [0.2, 0.25) is 0 Å². The Morgan fingerprint density at radius 1 is 1.23 bits per heavy atom. The molecule has 5 rings (SSSR count). The number of carbonyl (C=O) groups excluding carboxylic acids is 2. The van der Waals surface area contributed by atoms with Crippen LogP contribution in [0.1, 0.15) is 29.6 Å². The molecule has 0 spiro atoms. The maximum atomic E-state index is 13.3. The number of fused-ring (bicyclic) bond motifs is 4. The molecule has 0 radical (unpaired) electrons. The van der Waals surface area contributed by atoms with Crippen molar-refractivity contribution < 1.29 is 32.2 Å². The number of aryl methyl sites for hydroxylation is 1. The second-order valence-electron chi connectivity index (χ2n) is 7.21. The van der Waals surface area contributed by atoms with E-state index >= 15 is 0 Å². The Balaban J connectivity index is 1.65. The van der Waals surface area contributed by atoms with E-state index in [4.69, 9.17) is 4.74 Å². The van der Waals surface area contributed by atoms with Crippen LogP contribution >= 0.6 is 0 Å². The summed E-state index contributed by atoms with van der Waals surface area (Å²) in [4.78, 5) is 31.7. The number of esters is 1. The van der Waals surface area contributed by atoms with Gasteiger partial charge < -0.3 is 14.8 Å². The number of rotatable bonds is 4. The van der Waals surface area contributed by atoms with E-state index in [9.17, 15) is 22.8 Å². The topological polar surface area (TPSA) is 98.6 Å². The number of pyridine rings is 1. The maximum absolute atomic E-state index is 13.3. The monoisotopic (exact) mass is 432 g/mol. The molecule has 31 heavy (non-hydrogen) atoms. The summed E-state index contributed by atoms with van der Waals surface area (Å²) in [6.45, 7) is 0. The largest absolute Gasteiger partial charge is 0.469 e. The van der Waals surface area contributed by atoms with Gasteiger partial charge in [0.25, 0.3) is 5.91 Å². The first-order chi connectivity index (χ1) is 14.8. The molecule has 3 aromatic rings. The number of anilines is 1. The number of ether oxygens (including phenoxy) is 2. The molecule has 8 nitrogen and oxygen atoms in total. The van der Waals surface area contributed by atoms with E-state index in [1.165, 1.54) is 17.7 Å². The van der Waals surface area contributed by atoms with Crippen LogP contribution in [0.3, 0.4) is 0 Å². The Hall–Kier alpha value is -3.47. The fourth-order valence-corrected chi connectivity index (χ4v) is 3.71. The number of imidazole rings is 1. The van der Waals surface area contributed by atoms with Crippen molar-refractivity contribution in [2.45, 2.75) is 31.2 Å². The molecule has 0 bridgehead atoms. The first kappa shape index (κ1) is 19.5. The molecule has 4 heterocycles. The van der Waals surface area contributed by atoms with Crippen molar-refractivity contribution >= 4 is 28.7 Å². The number of carbonyl (C=O) groups is 2. The number of amides is 1. The Morgan fingerprint density at radius 2 is 2.03 bits per heavy atom. The third kappa shape index (κ3) is 3.30. The van der Waals surface area contributed by atoms with Gasteiger partial charge in [0, 0.05) is 23.4 Å². The van der Waals surface area contributed by atoms with Crippen molar-refractivity contribution in [1.29, 1.82) is 0 Å². The molecule has 1 aromatic carbocycles. The predicted molar refractivity (Wildman–Crippen MR) is 100 cm³/mol. The first-order valence-corrected chi connectivity index (χ1v) is 9.39. The summed E-state index contributed by atoms with van der Waals surface area (Å²) in [6.07, 6.45) is -5.43. The van der Waals surface area contributed by atoms with Gasteiger partial charge >= 0.3 is 12.1 Å². The van der Waals surface area contributed by atoms with Crippen molar-refractivity contribution in [3.8, 4) is 5.69 Å². The van der Waals surface area contributed by atoms with Gasteiger partial charge in [0.15, 0.2) is 11.8 Å². The lowest BCUT2D eigenvalue weighted by atomic mass is 10.0. The van der Waals surface area contributed by atoms with Crippen LogP contribution in [0, 0.1) is 0 Å². The van der Waals surface area contributed by atoms with E-state index in [0.717, 1.165) is 11.6 Å². The molecule has 2 aromatic heterocycles. The first-order valence-electron chi connectivity index (χ1n) is 9.39. The average molecular weight is 432 g/mol. The number of hydrogen-bond acceptors (Lipinski definition) is 6. The fourth-order valence-electron chi connectivity index (χ4n) is 3.71.